The first kappa shape index (κ1) is 40.4. The van der Waals surface area contributed by atoms with Gasteiger partial charge in [0, 0.05) is 19.8 Å². The molecule has 0 fully saturated rings. The van der Waals surface area contributed by atoms with Gasteiger partial charge in [0.05, 0.1) is 0 Å². The molecular formula is C42H59IO3Si2. The molecule has 0 aliphatic rings. The summed E-state index contributed by atoms with van der Waals surface area (Å²) in [4.78, 5) is 0. The highest BCUT2D eigenvalue weighted by Gasteiger charge is 2.51. The van der Waals surface area contributed by atoms with Crippen LogP contribution in [0.1, 0.15) is 80.1 Å². The van der Waals surface area contributed by atoms with Crippen molar-refractivity contribution in [3.8, 4) is 0 Å². The monoisotopic (exact) mass is 794 g/mol. The molecule has 0 spiro atoms. The highest BCUT2D eigenvalue weighted by atomic mass is 127. The van der Waals surface area contributed by atoms with Crippen molar-refractivity contribution in [2.24, 2.45) is 0 Å². The Morgan fingerprint density at radius 1 is 0.458 bits per heavy atom. The van der Waals surface area contributed by atoms with Gasteiger partial charge < -0.3 is 14.0 Å². The summed E-state index contributed by atoms with van der Waals surface area (Å²) in [5, 5.41) is 14.5. The average molecular weight is 795 g/mol. The van der Waals surface area contributed by atoms with Gasteiger partial charge >= 0.3 is 0 Å². The van der Waals surface area contributed by atoms with E-state index in [4.69, 9.17) is 14.0 Å². The number of hydrogen-bond donors (Lipinski definition) is 1. The van der Waals surface area contributed by atoms with E-state index in [0.717, 1.165) is 38.9 Å². The molecule has 0 bridgehead atoms. The zero-order chi connectivity index (χ0) is 34.9. The molecule has 0 radical (unpaired) electrons. The van der Waals surface area contributed by atoms with Crippen molar-refractivity contribution in [2.75, 3.05) is 24.2 Å². The summed E-state index contributed by atoms with van der Waals surface area (Å²) >= 11 is 2.45. The second-order valence-corrected chi connectivity index (χ2v) is 24.2. The summed E-state index contributed by atoms with van der Waals surface area (Å²) in [6.45, 7) is 15.8. The van der Waals surface area contributed by atoms with Crippen molar-refractivity contribution in [1.29, 1.82) is 0 Å². The molecule has 0 aliphatic heterocycles. The topological polar surface area (TPSA) is 38.7 Å². The number of unbranched alkanes of at least 4 members (excludes halogenated alkanes) is 4. The van der Waals surface area contributed by atoms with E-state index in [1.165, 1.54) is 38.0 Å². The van der Waals surface area contributed by atoms with Gasteiger partial charge in [-0.3, -0.25) is 0 Å². The summed E-state index contributed by atoms with van der Waals surface area (Å²) in [7, 11) is -4.68. The summed E-state index contributed by atoms with van der Waals surface area (Å²) in [5.74, 6) is 0. The Morgan fingerprint density at radius 2 is 0.750 bits per heavy atom. The molecule has 3 nitrogen and oxygen atoms in total. The van der Waals surface area contributed by atoms with E-state index in [2.05, 4.69) is 185 Å². The van der Waals surface area contributed by atoms with Crippen LogP contribution in [0, 0.1) is 0 Å². The van der Waals surface area contributed by atoms with Gasteiger partial charge in [0.25, 0.3) is 16.6 Å². The van der Waals surface area contributed by atoms with Gasteiger partial charge in [0.1, 0.15) is 0 Å². The predicted octanol–water partition coefficient (Wildman–Crippen LogP) is 8.89. The fourth-order valence-electron chi connectivity index (χ4n) is 6.74. The van der Waals surface area contributed by atoms with Gasteiger partial charge in [0.15, 0.2) is 0 Å². The van der Waals surface area contributed by atoms with Crippen LogP contribution in [-0.2, 0) is 8.85 Å². The van der Waals surface area contributed by atoms with E-state index in [1.807, 2.05) is 0 Å². The van der Waals surface area contributed by atoms with Gasteiger partial charge in [-0.05, 0) is 67.4 Å². The molecule has 260 valence electrons. The van der Waals surface area contributed by atoms with Crippen molar-refractivity contribution in [2.45, 2.75) is 90.1 Å². The third kappa shape index (κ3) is 10.5. The third-order valence-corrected chi connectivity index (χ3v) is 19.9. The first-order valence-electron chi connectivity index (χ1n) is 17.7. The molecule has 0 saturated heterocycles. The molecule has 0 saturated carbocycles. The van der Waals surface area contributed by atoms with Crippen molar-refractivity contribution in [3.63, 3.8) is 0 Å². The standard InChI is InChI=1S/C21H29IOSi.C21H30O2Si/c2*1-21(2,3)24(19-13-7-4-8-14-19,20-15-9-5-10-16-20)23-18-12-6-11-17-22/h4-5,7-10,13-16H,6,11-12,17-18H2,1-3H3;4-5,7-10,13-16,22H,6,11-12,17-18H2,1-3H3. The van der Waals surface area contributed by atoms with Crippen molar-refractivity contribution < 1.29 is 14.0 Å². The molecule has 6 heteroatoms. The average Bonchev–Trinajstić information content (AvgIpc) is 3.09. The first-order valence-corrected chi connectivity index (χ1v) is 23.1. The Balaban J connectivity index is 0.000000260. The second-order valence-electron chi connectivity index (χ2n) is 14.6. The van der Waals surface area contributed by atoms with Crippen LogP contribution in [0.5, 0.6) is 0 Å². The predicted molar refractivity (Wildman–Crippen MR) is 221 cm³/mol. The normalized spacial score (nSPS) is 12.3. The Labute approximate surface area is 307 Å². The van der Waals surface area contributed by atoms with Crippen LogP contribution in [0.3, 0.4) is 0 Å². The summed E-state index contributed by atoms with van der Waals surface area (Å²) in [6.07, 6.45) is 6.53. The number of aliphatic hydroxyl groups excluding tert-OH is 1. The maximum atomic E-state index is 8.98. The zero-order valence-corrected chi connectivity index (χ0v) is 34.4. The van der Waals surface area contributed by atoms with Crippen LogP contribution < -0.4 is 20.7 Å². The number of aliphatic hydroxyl groups is 1. The minimum atomic E-state index is -2.37. The van der Waals surface area contributed by atoms with Crippen molar-refractivity contribution in [3.05, 3.63) is 121 Å². The van der Waals surface area contributed by atoms with Crippen LogP contribution in [-0.4, -0.2) is 46.0 Å². The van der Waals surface area contributed by atoms with Crippen LogP contribution in [0.15, 0.2) is 121 Å². The number of rotatable bonds is 16. The quantitative estimate of drug-likeness (QED) is 0.0534. The van der Waals surface area contributed by atoms with Gasteiger partial charge in [-0.25, -0.2) is 0 Å². The number of halogens is 1. The Kier molecular flexibility index (Phi) is 16.8. The lowest BCUT2D eigenvalue weighted by molar-refractivity contribution is 0.260. The van der Waals surface area contributed by atoms with Crippen molar-refractivity contribution >= 4 is 60.0 Å². The Hall–Kier alpha value is -2.08. The van der Waals surface area contributed by atoms with Gasteiger partial charge in [-0.15, -0.1) is 0 Å². The molecule has 0 amide bonds. The summed E-state index contributed by atoms with van der Waals surface area (Å²) in [5.41, 5.74) is 0. The van der Waals surface area contributed by atoms with Gasteiger partial charge in [-0.2, -0.15) is 0 Å². The van der Waals surface area contributed by atoms with Crippen molar-refractivity contribution in [1.82, 2.24) is 0 Å². The van der Waals surface area contributed by atoms with E-state index in [-0.39, 0.29) is 16.7 Å². The molecule has 0 atom stereocenters. The largest absolute Gasteiger partial charge is 0.407 e. The van der Waals surface area contributed by atoms with E-state index < -0.39 is 16.6 Å². The summed E-state index contributed by atoms with van der Waals surface area (Å²) in [6, 6.07) is 43.3. The SMILES string of the molecule is CC(C)(C)[Si](OCCCCCI)(c1ccccc1)c1ccccc1.CC(C)(C)[Si](OCCCCCO)(c1ccccc1)c1ccccc1. The molecular weight excluding hydrogens is 736 g/mol. The van der Waals surface area contributed by atoms with Gasteiger partial charge in [0.2, 0.25) is 0 Å². The lowest BCUT2D eigenvalue weighted by Gasteiger charge is -2.43. The fourth-order valence-corrected chi connectivity index (χ4v) is 16.5. The van der Waals surface area contributed by atoms with Crippen LogP contribution in [0.25, 0.3) is 0 Å². The molecule has 4 rings (SSSR count). The first-order chi connectivity index (χ1) is 23.0. The summed E-state index contributed by atoms with van der Waals surface area (Å²) < 4.78 is 14.9. The minimum Gasteiger partial charge on any atom is -0.407 e. The van der Waals surface area contributed by atoms with Crippen LogP contribution in [0.4, 0.5) is 0 Å². The zero-order valence-electron chi connectivity index (χ0n) is 30.3. The Morgan fingerprint density at radius 3 is 1.00 bits per heavy atom. The second kappa shape index (κ2) is 19.9. The third-order valence-electron chi connectivity index (χ3n) is 9.05. The molecule has 0 unspecified atom stereocenters. The lowest BCUT2D eigenvalue weighted by Crippen LogP contribution is -2.66. The molecule has 4 aromatic rings. The van der Waals surface area contributed by atoms with E-state index >= 15 is 0 Å². The highest BCUT2D eigenvalue weighted by molar-refractivity contribution is 14.1. The maximum absolute atomic E-state index is 8.98. The number of hydrogen-bond acceptors (Lipinski definition) is 3. The molecule has 4 aromatic carbocycles. The van der Waals surface area contributed by atoms with Crippen LogP contribution in [0.2, 0.25) is 10.1 Å². The molecule has 0 aliphatic carbocycles. The maximum Gasteiger partial charge on any atom is 0.261 e. The minimum absolute atomic E-state index is 0.0344. The van der Waals surface area contributed by atoms with Gasteiger partial charge in [-0.1, -0.05) is 192 Å². The highest BCUT2D eigenvalue weighted by Crippen LogP contribution is 2.38. The fraction of sp³-hybridized carbons (Fsp3) is 0.429. The van der Waals surface area contributed by atoms with Crippen LogP contribution >= 0.6 is 22.6 Å². The number of alkyl halides is 1. The van der Waals surface area contributed by atoms with E-state index in [0.29, 0.717) is 0 Å². The number of benzene rings is 4. The Bertz CT molecular complexity index is 1220. The smallest absolute Gasteiger partial charge is 0.261 e. The molecule has 1 N–H and O–H groups in total. The van der Waals surface area contributed by atoms with E-state index in [9.17, 15) is 0 Å². The molecule has 0 heterocycles. The molecule has 0 aromatic heterocycles. The molecule has 48 heavy (non-hydrogen) atoms. The van der Waals surface area contributed by atoms with E-state index in [1.54, 1.807) is 0 Å². The lowest BCUT2D eigenvalue weighted by atomic mass is 10.2.